The smallest absolute Gasteiger partial charge is 0.0741 e. The Morgan fingerprint density at radius 2 is 1.92 bits per heavy atom. The first-order valence-electron chi connectivity index (χ1n) is 5.45. The summed E-state index contributed by atoms with van der Waals surface area (Å²) in [6.07, 6.45) is 5.99. The van der Waals surface area contributed by atoms with Crippen molar-refractivity contribution in [2.24, 2.45) is 0 Å². The number of β-amino-alcohol motifs (C(OH)–C–C–N with tert-alkyl or cyclic N) is 1. The van der Waals surface area contributed by atoms with Crippen LogP contribution in [-0.4, -0.2) is 22.8 Å². The third-order valence-electron chi connectivity index (χ3n) is 3.36. The molecule has 1 aliphatic carbocycles. The zero-order valence-corrected chi connectivity index (χ0v) is 9.19. The highest BCUT2D eigenvalue weighted by Gasteiger charge is 2.30. The molecule has 2 nitrogen and oxygen atoms in total. The van der Waals surface area contributed by atoms with Gasteiger partial charge in [-0.2, -0.15) is 0 Å². The maximum Gasteiger partial charge on any atom is 0.0741 e. The van der Waals surface area contributed by atoms with E-state index in [4.69, 9.17) is 0 Å². The first kappa shape index (κ1) is 11.0. The highest BCUT2D eigenvalue weighted by Crippen LogP contribution is 2.29. The monoisotopic (exact) mass is 185 g/mol. The molecule has 1 atom stereocenters. The van der Waals surface area contributed by atoms with Crippen LogP contribution in [0.15, 0.2) is 0 Å². The Kier molecular flexibility index (Phi) is 3.36. The largest absolute Gasteiger partial charge is 0.389 e. The Bertz CT molecular complexity index is 159. The fourth-order valence-electron chi connectivity index (χ4n) is 1.86. The number of nitrogens with one attached hydrogen (secondary N) is 1. The molecule has 0 aliphatic heterocycles. The van der Waals surface area contributed by atoms with Gasteiger partial charge in [0, 0.05) is 12.1 Å². The second-order valence-electron chi connectivity index (χ2n) is 4.97. The third kappa shape index (κ3) is 3.28. The normalized spacial score (nSPS) is 25.8. The summed E-state index contributed by atoms with van der Waals surface area (Å²) in [5, 5.41) is 13.3. The number of rotatable bonds is 4. The van der Waals surface area contributed by atoms with E-state index in [1.165, 1.54) is 25.7 Å². The van der Waals surface area contributed by atoms with Crippen molar-refractivity contribution in [1.82, 2.24) is 5.32 Å². The topological polar surface area (TPSA) is 32.3 Å². The van der Waals surface area contributed by atoms with E-state index in [0.717, 1.165) is 13.0 Å². The van der Waals surface area contributed by atoms with Gasteiger partial charge in [-0.25, -0.2) is 0 Å². The van der Waals surface area contributed by atoms with E-state index >= 15 is 0 Å². The Labute approximate surface area is 81.7 Å². The molecule has 0 radical (unpaired) electrons. The molecule has 2 heteroatoms. The zero-order chi connectivity index (χ0) is 9.95. The molecule has 78 valence electrons. The van der Waals surface area contributed by atoms with Crippen LogP contribution >= 0.6 is 0 Å². The van der Waals surface area contributed by atoms with Gasteiger partial charge in [-0.15, -0.1) is 0 Å². The summed E-state index contributed by atoms with van der Waals surface area (Å²) in [5.41, 5.74) is -0.245. The summed E-state index contributed by atoms with van der Waals surface area (Å²) in [5.74, 6) is 0. The molecule has 1 rings (SSSR count). The van der Waals surface area contributed by atoms with E-state index < -0.39 is 5.60 Å². The number of aliphatic hydroxyl groups is 1. The molecule has 0 heterocycles. The van der Waals surface area contributed by atoms with Crippen LogP contribution in [0.5, 0.6) is 0 Å². The van der Waals surface area contributed by atoms with Gasteiger partial charge < -0.3 is 10.4 Å². The summed E-state index contributed by atoms with van der Waals surface area (Å²) in [7, 11) is 0. The fraction of sp³-hybridized carbons (Fsp3) is 1.00. The van der Waals surface area contributed by atoms with Crippen LogP contribution < -0.4 is 5.32 Å². The van der Waals surface area contributed by atoms with Crippen LogP contribution in [0.2, 0.25) is 0 Å². The summed E-state index contributed by atoms with van der Waals surface area (Å²) < 4.78 is 0. The predicted molar refractivity (Wildman–Crippen MR) is 55.8 cm³/mol. The van der Waals surface area contributed by atoms with Crippen LogP contribution in [0.25, 0.3) is 0 Å². The van der Waals surface area contributed by atoms with Gasteiger partial charge in [0.05, 0.1) is 5.60 Å². The van der Waals surface area contributed by atoms with Crippen molar-refractivity contribution in [2.45, 2.75) is 64.0 Å². The Balaban J connectivity index is 2.32. The molecule has 0 aromatic carbocycles. The van der Waals surface area contributed by atoms with Crippen molar-refractivity contribution in [3.63, 3.8) is 0 Å². The molecule has 1 unspecified atom stereocenters. The lowest BCUT2D eigenvalue weighted by molar-refractivity contribution is 0.0475. The lowest BCUT2D eigenvalue weighted by atomic mass is 9.97. The highest BCUT2D eigenvalue weighted by molar-refractivity contribution is 4.90. The highest BCUT2D eigenvalue weighted by atomic mass is 16.3. The van der Waals surface area contributed by atoms with Gasteiger partial charge in [-0.3, -0.25) is 0 Å². The Morgan fingerprint density at radius 1 is 1.38 bits per heavy atom. The van der Waals surface area contributed by atoms with Gasteiger partial charge in [-0.1, -0.05) is 19.8 Å². The molecule has 0 bridgehead atoms. The SMILES string of the molecule is CCC(C)(O)CNC1(C)CCCC1. The number of hydrogen-bond acceptors (Lipinski definition) is 2. The molecule has 0 aromatic heterocycles. The van der Waals surface area contributed by atoms with Crippen molar-refractivity contribution in [3.8, 4) is 0 Å². The van der Waals surface area contributed by atoms with Gasteiger partial charge >= 0.3 is 0 Å². The van der Waals surface area contributed by atoms with Crippen LogP contribution in [-0.2, 0) is 0 Å². The van der Waals surface area contributed by atoms with Gasteiger partial charge in [0.15, 0.2) is 0 Å². The van der Waals surface area contributed by atoms with E-state index in [-0.39, 0.29) is 0 Å². The molecular weight excluding hydrogens is 162 g/mol. The first-order valence-corrected chi connectivity index (χ1v) is 5.45. The van der Waals surface area contributed by atoms with Crippen molar-refractivity contribution < 1.29 is 5.11 Å². The second kappa shape index (κ2) is 3.97. The van der Waals surface area contributed by atoms with Crippen LogP contribution in [0.3, 0.4) is 0 Å². The number of hydrogen-bond donors (Lipinski definition) is 2. The molecule has 1 fully saturated rings. The summed E-state index contributed by atoms with van der Waals surface area (Å²) in [4.78, 5) is 0. The van der Waals surface area contributed by atoms with E-state index in [2.05, 4.69) is 12.2 Å². The molecule has 13 heavy (non-hydrogen) atoms. The minimum absolute atomic E-state index is 0.291. The first-order chi connectivity index (χ1) is 5.97. The van der Waals surface area contributed by atoms with Crippen molar-refractivity contribution in [2.75, 3.05) is 6.54 Å². The minimum Gasteiger partial charge on any atom is -0.389 e. The van der Waals surface area contributed by atoms with Crippen molar-refractivity contribution in [3.05, 3.63) is 0 Å². The Hall–Kier alpha value is -0.0800. The van der Waals surface area contributed by atoms with Gasteiger partial charge in [-0.05, 0) is 33.1 Å². The quantitative estimate of drug-likeness (QED) is 0.702. The van der Waals surface area contributed by atoms with Gasteiger partial charge in [0.2, 0.25) is 0 Å². The summed E-state index contributed by atoms with van der Waals surface area (Å²) in [6.45, 7) is 6.92. The van der Waals surface area contributed by atoms with Gasteiger partial charge in [0.1, 0.15) is 0 Å². The molecule has 0 aromatic rings. The van der Waals surface area contributed by atoms with Crippen molar-refractivity contribution in [1.29, 1.82) is 0 Å². The maximum atomic E-state index is 9.84. The van der Waals surface area contributed by atoms with Crippen LogP contribution in [0.4, 0.5) is 0 Å². The summed E-state index contributed by atoms with van der Waals surface area (Å²) >= 11 is 0. The summed E-state index contributed by atoms with van der Waals surface area (Å²) in [6, 6.07) is 0. The third-order valence-corrected chi connectivity index (χ3v) is 3.36. The van der Waals surface area contributed by atoms with E-state index in [1.54, 1.807) is 0 Å². The fourth-order valence-corrected chi connectivity index (χ4v) is 1.86. The molecule has 1 saturated carbocycles. The predicted octanol–water partition coefficient (Wildman–Crippen LogP) is 2.07. The minimum atomic E-state index is -0.536. The van der Waals surface area contributed by atoms with E-state index in [0.29, 0.717) is 5.54 Å². The lowest BCUT2D eigenvalue weighted by Gasteiger charge is -2.31. The second-order valence-corrected chi connectivity index (χ2v) is 4.97. The zero-order valence-electron chi connectivity index (χ0n) is 9.19. The molecule has 1 aliphatic rings. The molecule has 0 saturated heterocycles. The van der Waals surface area contributed by atoms with Crippen molar-refractivity contribution >= 4 is 0 Å². The standard InChI is InChI=1S/C11H23NO/c1-4-11(3,13)9-12-10(2)7-5-6-8-10/h12-13H,4-9H2,1-3H3. The van der Waals surface area contributed by atoms with E-state index in [9.17, 15) is 5.11 Å². The molecule has 0 spiro atoms. The van der Waals surface area contributed by atoms with Gasteiger partial charge in [0.25, 0.3) is 0 Å². The van der Waals surface area contributed by atoms with E-state index in [1.807, 2.05) is 13.8 Å². The average molecular weight is 185 g/mol. The molecule has 2 N–H and O–H groups in total. The van der Waals surface area contributed by atoms with Crippen LogP contribution in [0, 0.1) is 0 Å². The molecular formula is C11H23NO. The maximum absolute atomic E-state index is 9.84. The Morgan fingerprint density at radius 3 is 2.38 bits per heavy atom. The van der Waals surface area contributed by atoms with Crippen LogP contribution in [0.1, 0.15) is 52.9 Å². The average Bonchev–Trinajstić information content (AvgIpc) is 2.50. The molecule has 0 amide bonds. The lowest BCUT2D eigenvalue weighted by Crippen LogP contribution is -2.47.